The number of thiocarbonyl (C=S) groups is 1. The highest BCUT2D eigenvalue weighted by atomic mass is 79.9. The van der Waals surface area contributed by atoms with Gasteiger partial charge >= 0.3 is 5.97 Å². The summed E-state index contributed by atoms with van der Waals surface area (Å²) < 4.78 is 12.7. The fraction of sp³-hybridized carbons (Fsp3) is 0.179. The fourth-order valence-electron chi connectivity index (χ4n) is 3.65. The van der Waals surface area contributed by atoms with Crippen molar-refractivity contribution < 1.29 is 19.1 Å². The number of rotatable bonds is 9. The number of esters is 1. The van der Waals surface area contributed by atoms with Gasteiger partial charge < -0.3 is 9.47 Å². The summed E-state index contributed by atoms with van der Waals surface area (Å²) in [6, 6.07) is 23.6. The van der Waals surface area contributed by atoms with Crippen LogP contribution in [0.2, 0.25) is 0 Å². The molecule has 1 amide bonds. The van der Waals surface area contributed by atoms with Gasteiger partial charge in [0.2, 0.25) is 0 Å². The molecule has 8 heteroatoms. The van der Waals surface area contributed by atoms with Crippen LogP contribution >= 0.6 is 39.9 Å². The van der Waals surface area contributed by atoms with Gasteiger partial charge in [-0.1, -0.05) is 107 Å². The third-order valence-corrected chi connectivity index (χ3v) is 7.19. The van der Waals surface area contributed by atoms with Crippen LogP contribution < -0.4 is 4.74 Å². The molecule has 0 saturated carbocycles. The number of halogens is 1. The van der Waals surface area contributed by atoms with Gasteiger partial charge in [0.05, 0.1) is 11.5 Å². The Kier molecular flexibility index (Phi) is 8.96. The molecule has 0 N–H and O–H groups in total. The van der Waals surface area contributed by atoms with Crippen LogP contribution in [-0.2, 0) is 20.9 Å². The molecule has 0 radical (unpaired) electrons. The van der Waals surface area contributed by atoms with Crippen LogP contribution in [0.5, 0.6) is 5.75 Å². The molecule has 0 spiro atoms. The van der Waals surface area contributed by atoms with Crippen molar-refractivity contribution in [2.45, 2.75) is 26.0 Å². The fourth-order valence-corrected chi connectivity index (χ4v) is 5.33. The van der Waals surface area contributed by atoms with Crippen LogP contribution in [0.15, 0.2) is 88.2 Å². The minimum Gasteiger partial charge on any atom is -0.488 e. The molecular weight excluding hydrogens is 558 g/mol. The number of carbonyl (C=O) groups is 2. The average molecular weight is 583 g/mol. The van der Waals surface area contributed by atoms with Crippen LogP contribution in [0.4, 0.5) is 0 Å². The van der Waals surface area contributed by atoms with Crippen molar-refractivity contribution in [3.8, 4) is 5.75 Å². The van der Waals surface area contributed by atoms with E-state index in [0.717, 1.165) is 27.4 Å². The minimum atomic E-state index is -0.951. The van der Waals surface area contributed by atoms with Crippen LogP contribution in [-0.4, -0.2) is 27.7 Å². The van der Waals surface area contributed by atoms with E-state index in [1.54, 1.807) is 18.2 Å². The molecule has 36 heavy (non-hydrogen) atoms. The number of carbonyl (C=O) groups excluding carboxylic acids is 2. The van der Waals surface area contributed by atoms with Gasteiger partial charge in [-0.25, -0.2) is 4.79 Å². The van der Waals surface area contributed by atoms with E-state index < -0.39 is 12.0 Å². The highest BCUT2D eigenvalue weighted by Gasteiger charge is 2.42. The Hall–Kier alpha value is -2.94. The molecular formula is C28H24BrNO4S2. The number of nitrogens with zero attached hydrogens (tertiary/aromatic N) is 1. The van der Waals surface area contributed by atoms with Crippen molar-refractivity contribution in [1.29, 1.82) is 0 Å². The molecule has 1 unspecified atom stereocenters. The summed E-state index contributed by atoms with van der Waals surface area (Å²) in [6.07, 6.45) is 2.43. The molecule has 0 aromatic heterocycles. The van der Waals surface area contributed by atoms with E-state index in [-0.39, 0.29) is 12.5 Å². The monoisotopic (exact) mass is 581 g/mol. The number of amides is 1. The molecule has 1 aliphatic rings. The van der Waals surface area contributed by atoms with E-state index >= 15 is 0 Å². The topological polar surface area (TPSA) is 55.8 Å². The highest BCUT2D eigenvalue weighted by molar-refractivity contribution is 9.10. The molecule has 1 atom stereocenters. The summed E-state index contributed by atoms with van der Waals surface area (Å²) in [5, 5.41) is 0. The van der Waals surface area contributed by atoms with E-state index in [1.165, 1.54) is 4.90 Å². The third-order valence-electron chi connectivity index (χ3n) is 5.36. The Morgan fingerprint density at radius 3 is 2.47 bits per heavy atom. The number of thioether (sulfide) groups is 1. The van der Waals surface area contributed by atoms with Crippen LogP contribution in [0.3, 0.4) is 0 Å². The molecule has 3 aromatic rings. The van der Waals surface area contributed by atoms with Crippen molar-refractivity contribution in [2.75, 3.05) is 6.61 Å². The van der Waals surface area contributed by atoms with E-state index in [9.17, 15) is 9.59 Å². The molecule has 1 heterocycles. The summed E-state index contributed by atoms with van der Waals surface area (Å²) in [5.41, 5.74) is 2.41. The van der Waals surface area contributed by atoms with Gasteiger partial charge in [0.1, 0.15) is 16.7 Å². The van der Waals surface area contributed by atoms with Crippen molar-refractivity contribution in [3.05, 3.63) is 105 Å². The first-order chi connectivity index (χ1) is 17.5. The second-order valence-electron chi connectivity index (χ2n) is 7.99. The van der Waals surface area contributed by atoms with Gasteiger partial charge in [-0.15, -0.1) is 0 Å². The SMILES string of the molecule is CCCOC(=O)C(c1ccccc1)N1C(=O)/C(=C/c2cc(Br)ccc2OCc2ccccc2)SC1=S. The van der Waals surface area contributed by atoms with E-state index in [2.05, 4.69) is 15.9 Å². The Labute approximate surface area is 228 Å². The van der Waals surface area contributed by atoms with Crippen molar-refractivity contribution in [3.63, 3.8) is 0 Å². The lowest BCUT2D eigenvalue weighted by molar-refractivity contribution is -0.151. The lowest BCUT2D eigenvalue weighted by atomic mass is 10.1. The van der Waals surface area contributed by atoms with Crippen molar-refractivity contribution >= 4 is 62.2 Å². The van der Waals surface area contributed by atoms with Crippen LogP contribution in [0, 0.1) is 0 Å². The number of hydrogen-bond donors (Lipinski definition) is 0. The molecule has 3 aromatic carbocycles. The van der Waals surface area contributed by atoms with Gasteiger partial charge in [-0.3, -0.25) is 9.69 Å². The predicted molar refractivity (Wildman–Crippen MR) is 150 cm³/mol. The standard InChI is InChI=1S/C28H24BrNO4S2/c1-2-15-33-27(32)25(20-11-7-4-8-12-20)30-26(31)24(36-28(30)35)17-21-16-22(29)13-14-23(21)34-18-19-9-5-3-6-10-19/h3-14,16-17,25H,2,15,18H2,1H3/b24-17-. The zero-order valence-electron chi connectivity index (χ0n) is 19.6. The molecule has 0 bridgehead atoms. The Morgan fingerprint density at radius 1 is 1.08 bits per heavy atom. The number of benzene rings is 3. The molecule has 4 rings (SSSR count). The highest BCUT2D eigenvalue weighted by Crippen LogP contribution is 2.40. The average Bonchev–Trinajstić information content (AvgIpc) is 3.16. The molecule has 1 aliphatic heterocycles. The maximum Gasteiger partial charge on any atom is 0.333 e. The van der Waals surface area contributed by atoms with E-state index in [1.807, 2.05) is 73.7 Å². The largest absolute Gasteiger partial charge is 0.488 e. The molecule has 1 saturated heterocycles. The second kappa shape index (κ2) is 12.3. The maximum absolute atomic E-state index is 13.6. The van der Waals surface area contributed by atoms with Gasteiger partial charge in [-0.05, 0) is 41.8 Å². The molecule has 0 aliphatic carbocycles. The molecule has 1 fully saturated rings. The summed E-state index contributed by atoms with van der Waals surface area (Å²) in [4.78, 5) is 28.4. The Bertz CT molecular complexity index is 1280. The summed E-state index contributed by atoms with van der Waals surface area (Å²) in [5.74, 6) is -0.217. The van der Waals surface area contributed by atoms with Crippen molar-refractivity contribution in [1.82, 2.24) is 4.90 Å². The van der Waals surface area contributed by atoms with Gasteiger partial charge in [0.15, 0.2) is 6.04 Å². The smallest absolute Gasteiger partial charge is 0.333 e. The first-order valence-electron chi connectivity index (χ1n) is 11.4. The summed E-state index contributed by atoms with van der Waals surface area (Å²) in [6.45, 7) is 2.58. The number of hydrogen-bond acceptors (Lipinski definition) is 6. The summed E-state index contributed by atoms with van der Waals surface area (Å²) >= 11 is 10.2. The normalized spacial score (nSPS) is 15.3. The molecule has 184 valence electrons. The summed E-state index contributed by atoms with van der Waals surface area (Å²) in [7, 11) is 0. The maximum atomic E-state index is 13.6. The Morgan fingerprint density at radius 2 is 1.78 bits per heavy atom. The zero-order valence-corrected chi connectivity index (χ0v) is 22.8. The van der Waals surface area contributed by atoms with E-state index in [4.69, 9.17) is 21.7 Å². The third kappa shape index (κ3) is 6.24. The van der Waals surface area contributed by atoms with Gasteiger partial charge in [0, 0.05) is 10.0 Å². The van der Waals surface area contributed by atoms with Crippen molar-refractivity contribution in [2.24, 2.45) is 0 Å². The lowest BCUT2D eigenvalue weighted by Gasteiger charge is -2.25. The lowest BCUT2D eigenvalue weighted by Crippen LogP contribution is -2.38. The predicted octanol–water partition coefficient (Wildman–Crippen LogP) is 6.92. The van der Waals surface area contributed by atoms with Gasteiger partial charge in [-0.2, -0.15) is 0 Å². The van der Waals surface area contributed by atoms with Crippen LogP contribution in [0.1, 0.15) is 36.1 Å². The first-order valence-corrected chi connectivity index (χ1v) is 13.4. The second-order valence-corrected chi connectivity index (χ2v) is 10.6. The first kappa shape index (κ1) is 26.1. The minimum absolute atomic E-state index is 0.271. The molecule has 5 nitrogen and oxygen atoms in total. The zero-order chi connectivity index (χ0) is 25.5. The van der Waals surface area contributed by atoms with Gasteiger partial charge in [0.25, 0.3) is 5.91 Å². The van der Waals surface area contributed by atoms with Crippen LogP contribution in [0.25, 0.3) is 6.08 Å². The number of ether oxygens (including phenoxy) is 2. The quantitative estimate of drug-likeness (QED) is 0.155. The van der Waals surface area contributed by atoms with E-state index in [0.29, 0.717) is 33.6 Å². The Balaban J connectivity index is 1.63.